The topological polar surface area (TPSA) is 81.3 Å². The molecule has 2 heterocycles. The summed E-state index contributed by atoms with van der Waals surface area (Å²) in [5.41, 5.74) is 4.58. The Hall–Kier alpha value is -3.48. The molecule has 7 heteroatoms. The van der Waals surface area contributed by atoms with Crippen molar-refractivity contribution in [2.24, 2.45) is 12.1 Å². The maximum absolute atomic E-state index is 12.7. The number of nitrogens with one attached hydrogen (secondary N) is 1. The standard InChI is InChI=1S/C18H17N5O2/c1-13-16(12-20-21-17(24)14-8-10-19-11-9-14)18(25)23(22(13)2)15-6-4-3-5-7-15/h3-12H,1-2H3,(H,21,24). The van der Waals surface area contributed by atoms with E-state index in [1.165, 1.54) is 18.6 Å². The number of benzene rings is 1. The molecule has 0 atom stereocenters. The van der Waals surface area contributed by atoms with Crippen LogP contribution in [0.2, 0.25) is 0 Å². The summed E-state index contributed by atoms with van der Waals surface area (Å²) >= 11 is 0. The molecule has 0 aliphatic rings. The molecule has 0 aliphatic carbocycles. The Balaban J connectivity index is 1.86. The first kappa shape index (κ1) is 16.4. The summed E-state index contributed by atoms with van der Waals surface area (Å²) in [5, 5.41) is 3.92. The van der Waals surface area contributed by atoms with Crippen molar-refractivity contribution in [3.05, 3.63) is 82.0 Å². The van der Waals surface area contributed by atoms with Crippen LogP contribution in [0.1, 0.15) is 21.6 Å². The molecule has 0 unspecified atom stereocenters. The molecular formula is C18H17N5O2. The van der Waals surface area contributed by atoms with Gasteiger partial charge in [0.25, 0.3) is 11.5 Å². The summed E-state index contributed by atoms with van der Waals surface area (Å²) in [7, 11) is 1.80. The number of hydrazone groups is 1. The Morgan fingerprint density at radius 3 is 2.52 bits per heavy atom. The number of pyridine rings is 1. The van der Waals surface area contributed by atoms with Crippen LogP contribution in [0.5, 0.6) is 0 Å². The molecule has 0 spiro atoms. The first-order valence-corrected chi connectivity index (χ1v) is 7.67. The first-order valence-electron chi connectivity index (χ1n) is 7.67. The van der Waals surface area contributed by atoms with E-state index in [-0.39, 0.29) is 11.5 Å². The van der Waals surface area contributed by atoms with E-state index in [1.54, 1.807) is 28.5 Å². The van der Waals surface area contributed by atoms with Crippen molar-refractivity contribution in [2.75, 3.05) is 0 Å². The van der Waals surface area contributed by atoms with Gasteiger partial charge in [-0.05, 0) is 31.2 Å². The van der Waals surface area contributed by atoms with Gasteiger partial charge in [-0.15, -0.1) is 0 Å². The van der Waals surface area contributed by atoms with Crippen LogP contribution in [0.15, 0.2) is 64.8 Å². The highest BCUT2D eigenvalue weighted by atomic mass is 16.2. The molecule has 1 amide bonds. The van der Waals surface area contributed by atoms with E-state index in [1.807, 2.05) is 37.3 Å². The van der Waals surface area contributed by atoms with E-state index in [0.717, 1.165) is 11.4 Å². The van der Waals surface area contributed by atoms with Gasteiger partial charge in [0.2, 0.25) is 0 Å². The second-order valence-corrected chi connectivity index (χ2v) is 5.41. The molecule has 0 saturated carbocycles. The molecule has 25 heavy (non-hydrogen) atoms. The minimum absolute atomic E-state index is 0.201. The minimum Gasteiger partial charge on any atom is -0.285 e. The van der Waals surface area contributed by atoms with Crippen molar-refractivity contribution >= 4 is 12.1 Å². The molecule has 3 aromatic rings. The number of carbonyl (C=O) groups is 1. The monoisotopic (exact) mass is 335 g/mol. The molecule has 1 N–H and O–H groups in total. The van der Waals surface area contributed by atoms with Gasteiger partial charge in [-0.3, -0.25) is 19.3 Å². The zero-order chi connectivity index (χ0) is 17.8. The lowest BCUT2D eigenvalue weighted by Crippen LogP contribution is -2.21. The van der Waals surface area contributed by atoms with E-state index in [4.69, 9.17) is 0 Å². The van der Waals surface area contributed by atoms with Gasteiger partial charge >= 0.3 is 0 Å². The van der Waals surface area contributed by atoms with Gasteiger partial charge < -0.3 is 0 Å². The van der Waals surface area contributed by atoms with Crippen LogP contribution in [-0.2, 0) is 7.05 Å². The number of carbonyl (C=O) groups excluding carboxylic acids is 1. The van der Waals surface area contributed by atoms with Gasteiger partial charge in [0.05, 0.1) is 17.5 Å². The summed E-state index contributed by atoms with van der Waals surface area (Å²) in [6, 6.07) is 12.5. The van der Waals surface area contributed by atoms with Crippen LogP contribution in [0.4, 0.5) is 0 Å². The lowest BCUT2D eigenvalue weighted by molar-refractivity contribution is 0.0955. The summed E-state index contributed by atoms with van der Waals surface area (Å²) in [6.07, 6.45) is 4.42. The largest absolute Gasteiger partial charge is 0.285 e. The second kappa shape index (κ2) is 6.96. The van der Waals surface area contributed by atoms with Crippen molar-refractivity contribution in [3.63, 3.8) is 0 Å². The zero-order valence-corrected chi connectivity index (χ0v) is 13.9. The van der Waals surface area contributed by atoms with Crippen molar-refractivity contribution in [1.82, 2.24) is 19.8 Å². The number of amides is 1. The van der Waals surface area contributed by atoms with E-state index in [9.17, 15) is 9.59 Å². The third-order valence-electron chi connectivity index (χ3n) is 3.90. The number of rotatable bonds is 4. The van der Waals surface area contributed by atoms with Gasteiger partial charge in [0, 0.05) is 30.7 Å². The number of aromatic nitrogens is 3. The molecule has 2 aromatic heterocycles. The van der Waals surface area contributed by atoms with Crippen LogP contribution >= 0.6 is 0 Å². The maximum atomic E-state index is 12.7. The normalized spacial score (nSPS) is 11.0. The fourth-order valence-corrected chi connectivity index (χ4v) is 2.46. The van der Waals surface area contributed by atoms with Crippen LogP contribution in [0.25, 0.3) is 5.69 Å². The van der Waals surface area contributed by atoms with Crippen molar-refractivity contribution < 1.29 is 4.79 Å². The smallest absolute Gasteiger partial charge is 0.280 e. The zero-order valence-electron chi connectivity index (χ0n) is 13.9. The fourth-order valence-electron chi connectivity index (χ4n) is 2.46. The SMILES string of the molecule is Cc1c(C=NNC(=O)c2ccncc2)c(=O)n(-c2ccccc2)n1C. The Morgan fingerprint density at radius 2 is 1.84 bits per heavy atom. The molecule has 0 radical (unpaired) electrons. The van der Waals surface area contributed by atoms with Crippen molar-refractivity contribution in [2.45, 2.75) is 6.92 Å². The average molecular weight is 335 g/mol. The summed E-state index contributed by atoms with van der Waals surface area (Å²) < 4.78 is 3.31. The van der Waals surface area contributed by atoms with Crippen molar-refractivity contribution in [3.8, 4) is 5.69 Å². The maximum Gasteiger partial charge on any atom is 0.280 e. The molecule has 0 bridgehead atoms. The summed E-state index contributed by atoms with van der Waals surface area (Å²) in [5.74, 6) is -0.365. The molecular weight excluding hydrogens is 318 g/mol. The van der Waals surface area contributed by atoms with Gasteiger partial charge in [-0.25, -0.2) is 10.1 Å². The summed E-state index contributed by atoms with van der Waals surface area (Å²) in [6.45, 7) is 1.83. The number of nitrogens with zero attached hydrogens (tertiary/aromatic N) is 4. The highest BCUT2D eigenvalue weighted by Crippen LogP contribution is 2.08. The average Bonchev–Trinajstić information content (AvgIpc) is 2.86. The lowest BCUT2D eigenvalue weighted by atomic mass is 10.2. The molecule has 0 saturated heterocycles. The molecule has 3 rings (SSSR count). The fraction of sp³-hybridized carbons (Fsp3) is 0.111. The predicted molar refractivity (Wildman–Crippen MR) is 95.0 cm³/mol. The Labute approximate surface area is 144 Å². The summed E-state index contributed by atoms with van der Waals surface area (Å²) in [4.78, 5) is 28.5. The van der Waals surface area contributed by atoms with Crippen LogP contribution in [-0.4, -0.2) is 26.5 Å². The predicted octanol–water partition coefficient (Wildman–Crippen LogP) is 1.64. The van der Waals surface area contributed by atoms with E-state index < -0.39 is 0 Å². The van der Waals surface area contributed by atoms with Crippen LogP contribution in [0.3, 0.4) is 0 Å². The molecule has 7 nitrogen and oxygen atoms in total. The van der Waals surface area contributed by atoms with Gasteiger partial charge in [0.1, 0.15) is 0 Å². The van der Waals surface area contributed by atoms with E-state index in [2.05, 4.69) is 15.5 Å². The Morgan fingerprint density at radius 1 is 1.16 bits per heavy atom. The molecule has 1 aromatic carbocycles. The first-order chi connectivity index (χ1) is 12.1. The molecule has 0 aliphatic heterocycles. The number of hydrogen-bond donors (Lipinski definition) is 1. The van der Waals surface area contributed by atoms with Crippen molar-refractivity contribution in [1.29, 1.82) is 0 Å². The van der Waals surface area contributed by atoms with Crippen LogP contribution in [0, 0.1) is 6.92 Å². The third-order valence-corrected chi connectivity index (χ3v) is 3.90. The number of para-hydroxylation sites is 1. The minimum atomic E-state index is -0.365. The molecule has 126 valence electrons. The second-order valence-electron chi connectivity index (χ2n) is 5.41. The molecule has 0 fully saturated rings. The Bertz CT molecular complexity index is 972. The van der Waals surface area contributed by atoms with Gasteiger partial charge in [-0.2, -0.15) is 5.10 Å². The van der Waals surface area contributed by atoms with E-state index >= 15 is 0 Å². The number of hydrogen-bond acceptors (Lipinski definition) is 4. The highest BCUT2D eigenvalue weighted by Gasteiger charge is 2.14. The quantitative estimate of drug-likeness (QED) is 0.581. The lowest BCUT2D eigenvalue weighted by Gasteiger charge is -2.07. The van der Waals surface area contributed by atoms with E-state index in [0.29, 0.717) is 11.1 Å². The van der Waals surface area contributed by atoms with Crippen LogP contribution < -0.4 is 11.0 Å². The Kier molecular flexibility index (Phi) is 4.56. The van der Waals surface area contributed by atoms with Gasteiger partial charge in [0.15, 0.2) is 0 Å². The third kappa shape index (κ3) is 3.25. The van der Waals surface area contributed by atoms with Gasteiger partial charge in [-0.1, -0.05) is 18.2 Å². The highest BCUT2D eigenvalue weighted by molar-refractivity contribution is 5.94.